The van der Waals surface area contributed by atoms with E-state index in [-0.39, 0.29) is 35.5 Å². The molecular weight excluding hydrogens is 626 g/mol. The number of amides is 5. The van der Waals surface area contributed by atoms with E-state index in [1.54, 1.807) is 11.0 Å². The molecule has 3 unspecified atom stereocenters. The Morgan fingerprint density at radius 1 is 0.918 bits per heavy atom. The zero-order chi connectivity index (χ0) is 35.3. The summed E-state index contributed by atoms with van der Waals surface area (Å²) in [5, 5.41) is 18.1. The molecule has 3 aliphatic carbocycles. The third-order valence-electron chi connectivity index (χ3n) is 10.8. The number of likely N-dealkylation sites (tertiary alicyclic amines) is 1. The standard InChI is InChI=1S/C36H55N7O6/c1-5-11-24(29(44)34(48)38-23-16-17-23)39-32(46)27-20-22-14-9-10-15-26(22)43(27)35(49)30(36(2,3)4)41-33(47)28(21-12-7-6-8-13-21)40-31(45)25-18-19-37-42-25/h18-19,21-24,26-28,30H,5-17,20H2,1-4H3,(H,37,42)(H,38,48)(H,39,46)(H,40,45)(H,41,47)/t22?,24-,26?,27-,28?,30+/m0/s1. The van der Waals surface area contributed by atoms with Crippen LogP contribution in [0, 0.1) is 17.3 Å². The number of H-pyrrole nitrogens is 1. The van der Waals surface area contributed by atoms with Crippen molar-refractivity contribution < 1.29 is 28.8 Å². The van der Waals surface area contributed by atoms with Crippen LogP contribution in [0.15, 0.2) is 12.3 Å². The quantitative estimate of drug-likeness (QED) is 0.198. The Balaban J connectivity index is 1.37. The Bertz CT molecular complexity index is 1360. The SMILES string of the molecule is CCC[C@H](NC(=O)[C@@H]1CC2CCCCC2N1C(=O)[C@@H](NC(=O)C(NC(=O)c1ccn[nH]1)C1CCCCC1)C(C)(C)C)C(=O)C(=O)NC1CC1. The molecule has 13 heteroatoms. The van der Waals surface area contributed by atoms with Gasteiger partial charge in [-0.3, -0.25) is 33.9 Å². The van der Waals surface area contributed by atoms with Gasteiger partial charge in [-0.1, -0.05) is 66.2 Å². The first-order valence-electron chi connectivity index (χ1n) is 18.5. The topological polar surface area (TPSA) is 182 Å². The van der Waals surface area contributed by atoms with Crippen molar-refractivity contribution in [3.8, 4) is 0 Å². The summed E-state index contributed by atoms with van der Waals surface area (Å²) in [6, 6.07) is -2.27. The van der Waals surface area contributed by atoms with Gasteiger partial charge in [-0.05, 0) is 74.7 Å². The van der Waals surface area contributed by atoms with Gasteiger partial charge in [-0.25, -0.2) is 0 Å². The van der Waals surface area contributed by atoms with Crippen LogP contribution < -0.4 is 21.3 Å². The van der Waals surface area contributed by atoms with Crippen molar-refractivity contribution >= 4 is 35.3 Å². The molecule has 4 aliphatic rings. The maximum absolute atomic E-state index is 14.8. The van der Waals surface area contributed by atoms with Crippen LogP contribution >= 0.6 is 0 Å². The van der Waals surface area contributed by atoms with Crippen molar-refractivity contribution in [3.63, 3.8) is 0 Å². The molecule has 0 radical (unpaired) electrons. The number of hydrogen-bond donors (Lipinski definition) is 5. The van der Waals surface area contributed by atoms with E-state index in [1.807, 2.05) is 27.7 Å². The van der Waals surface area contributed by atoms with Crippen molar-refractivity contribution in [2.75, 3.05) is 0 Å². The van der Waals surface area contributed by atoms with E-state index in [1.165, 1.54) is 6.20 Å². The lowest BCUT2D eigenvalue weighted by Gasteiger charge is -2.40. The first-order valence-corrected chi connectivity index (χ1v) is 18.5. The predicted octanol–water partition coefficient (Wildman–Crippen LogP) is 2.91. The van der Waals surface area contributed by atoms with Crippen molar-refractivity contribution in [1.29, 1.82) is 0 Å². The molecule has 49 heavy (non-hydrogen) atoms. The second-order valence-corrected chi connectivity index (χ2v) is 15.7. The fourth-order valence-electron chi connectivity index (χ4n) is 7.98. The largest absolute Gasteiger partial charge is 0.347 e. The molecule has 270 valence electrons. The number of nitrogens with one attached hydrogen (secondary N) is 5. The zero-order valence-electron chi connectivity index (χ0n) is 29.5. The highest BCUT2D eigenvalue weighted by molar-refractivity contribution is 6.38. The summed E-state index contributed by atoms with van der Waals surface area (Å²) >= 11 is 0. The summed E-state index contributed by atoms with van der Waals surface area (Å²) in [4.78, 5) is 83.6. The Labute approximate surface area is 289 Å². The molecule has 3 saturated carbocycles. The molecule has 0 bridgehead atoms. The summed E-state index contributed by atoms with van der Waals surface area (Å²) in [5.41, 5.74) is -0.483. The number of rotatable bonds is 13. The molecule has 1 aliphatic heterocycles. The molecule has 13 nitrogen and oxygen atoms in total. The van der Waals surface area contributed by atoms with E-state index in [0.29, 0.717) is 19.3 Å². The Morgan fingerprint density at radius 3 is 2.24 bits per heavy atom. The summed E-state index contributed by atoms with van der Waals surface area (Å²) < 4.78 is 0. The minimum atomic E-state index is -0.983. The molecule has 5 N–H and O–H groups in total. The van der Waals surface area contributed by atoms with Crippen LogP contribution in [0.4, 0.5) is 0 Å². The molecule has 2 heterocycles. The van der Waals surface area contributed by atoms with Gasteiger partial charge in [-0.15, -0.1) is 0 Å². The Morgan fingerprint density at radius 2 is 1.61 bits per heavy atom. The van der Waals surface area contributed by atoms with Gasteiger partial charge in [0.2, 0.25) is 23.5 Å². The monoisotopic (exact) mass is 681 g/mol. The van der Waals surface area contributed by atoms with Gasteiger partial charge in [0.1, 0.15) is 23.8 Å². The van der Waals surface area contributed by atoms with Crippen LogP contribution in [-0.2, 0) is 24.0 Å². The van der Waals surface area contributed by atoms with Gasteiger partial charge in [0.25, 0.3) is 11.8 Å². The molecular formula is C36H55N7O6. The Kier molecular flexibility index (Phi) is 11.8. The number of Topliss-reactive ketones (excluding diaryl/α,β-unsaturated/α-hetero) is 1. The van der Waals surface area contributed by atoms with E-state index in [4.69, 9.17) is 0 Å². The normalized spacial score (nSPS) is 24.6. The maximum Gasteiger partial charge on any atom is 0.289 e. The Hall–Kier alpha value is -3.77. The summed E-state index contributed by atoms with van der Waals surface area (Å²) in [5.74, 6) is -2.98. The minimum Gasteiger partial charge on any atom is -0.347 e. The van der Waals surface area contributed by atoms with Crippen LogP contribution in [0.25, 0.3) is 0 Å². The van der Waals surface area contributed by atoms with Crippen LogP contribution in [0.3, 0.4) is 0 Å². The zero-order valence-corrected chi connectivity index (χ0v) is 29.5. The van der Waals surface area contributed by atoms with Gasteiger partial charge < -0.3 is 26.2 Å². The fraction of sp³-hybridized carbons (Fsp3) is 0.750. The molecule has 1 aromatic heterocycles. The summed E-state index contributed by atoms with van der Waals surface area (Å²) in [6.07, 6.45) is 12.6. The first kappa shape index (κ1) is 36.5. The smallest absolute Gasteiger partial charge is 0.289 e. The molecule has 5 amide bonds. The highest BCUT2D eigenvalue weighted by atomic mass is 16.2. The molecule has 1 aromatic rings. The number of fused-ring (bicyclic) bond motifs is 1. The average Bonchev–Trinajstić information content (AvgIpc) is 3.55. The van der Waals surface area contributed by atoms with Crippen LogP contribution in [0.1, 0.15) is 128 Å². The van der Waals surface area contributed by atoms with E-state index < -0.39 is 59.0 Å². The second-order valence-electron chi connectivity index (χ2n) is 15.7. The lowest BCUT2D eigenvalue weighted by atomic mass is 9.81. The van der Waals surface area contributed by atoms with Crippen LogP contribution in [-0.4, -0.2) is 86.7 Å². The molecule has 5 rings (SSSR count). The molecule has 0 spiro atoms. The molecule has 1 saturated heterocycles. The van der Waals surface area contributed by atoms with Gasteiger partial charge in [0.15, 0.2) is 0 Å². The first-order chi connectivity index (χ1) is 23.4. The van der Waals surface area contributed by atoms with E-state index in [2.05, 4.69) is 31.5 Å². The number of aromatic amines is 1. The summed E-state index contributed by atoms with van der Waals surface area (Å²) in [6.45, 7) is 7.53. The maximum atomic E-state index is 14.8. The number of hydrogen-bond acceptors (Lipinski definition) is 7. The van der Waals surface area contributed by atoms with Gasteiger partial charge in [0, 0.05) is 18.3 Å². The van der Waals surface area contributed by atoms with Crippen molar-refractivity contribution in [2.45, 2.75) is 154 Å². The highest BCUT2D eigenvalue weighted by Crippen LogP contribution is 2.41. The van der Waals surface area contributed by atoms with Gasteiger partial charge >= 0.3 is 0 Å². The van der Waals surface area contributed by atoms with E-state index in [0.717, 1.165) is 70.6 Å². The number of nitrogens with zero attached hydrogens (tertiary/aromatic N) is 2. The highest BCUT2D eigenvalue weighted by Gasteiger charge is 2.51. The van der Waals surface area contributed by atoms with Crippen molar-refractivity contribution in [2.24, 2.45) is 17.3 Å². The number of aromatic nitrogens is 2. The number of carbonyl (C=O) groups excluding carboxylic acids is 6. The lowest BCUT2D eigenvalue weighted by molar-refractivity contribution is -0.147. The lowest BCUT2D eigenvalue weighted by Crippen LogP contribution is -2.63. The van der Waals surface area contributed by atoms with Gasteiger partial charge in [0.05, 0.1) is 6.04 Å². The van der Waals surface area contributed by atoms with Crippen molar-refractivity contribution in [1.82, 2.24) is 36.4 Å². The predicted molar refractivity (Wildman–Crippen MR) is 182 cm³/mol. The minimum absolute atomic E-state index is 0.0153. The third-order valence-corrected chi connectivity index (χ3v) is 10.8. The number of ketones is 1. The van der Waals surface area contributed by atoms with Crippen molar-refractivity contribution in [3.05, 3.63) is 18.0 Å². The van der Waals surface area contributed by atoms with E-state index in [9.17, 15) is 28.8 Å². The average molecular weight is 682 g/mol. The van der Waals surface area contributed by atoms with E-state index >= 15 is 0 Å². The summed E-state index contributed by atoms with van der Waals surface area (Å²) in [7, 11) is 0. The fourth-order valence-corrected chi connectivity index (χ4v) is 7.98. The second kappa shape index (κ2) is 15.8. The van der Waals surface area contributed by atoms with Crippen LogP contribution in [0.2, 0.25) is 0 Å². The molecule has 6 atom stereocenters. The van der Waals surface area contributed by atoms with Crippen LogP contribution in [0.5, 0.6) is 0 Å². The third kappa shape index (κ3) is 8.88. The number of carbonyl (C=O) groups is 6. The molecule has 4 fully saturated rings. The molecule has 0 aromatic carbocycles. The van der Waals surface area contributed by atoms with Gasteiger partial charge in [-0.2, -0.15) is 5.10 Å².